The standard InChI is InChI=1S/C35H61N13O12/c1-17(2)12-22-33(59)48(15-25(52)41-14-23(50)29(55)28(47-38)19(5)49)16-42-35(60)40-11-7-9-24(51)43-20(8-6-10-39-34(36)37)30(56)44-21(13-26(53)54)31(57)46-27(18(3)4)32(58)45-22/h17-22,27-28,47,49H,6-16,38H2,1-5H3,(H,41,52)(H,43,51)(H,44,56)(H,45,58)(H,46,57)(H,53,54)(H4,36,37,39)(H2,40,42,60)/t19-,20+,21?,22?,27+,28+/m1/s1. The molecule has 16 N–H and O–H groups in total. The van der Waals surface area contributed by atoms with Gasteiger partial charge in [0, 0.05) is 19.5 Å². The highest BCUT2D eigenvalue weighted by Crippen LogP contribution is 2.12. The number of nitrogens with two attached hydrogens (primary N) is 3. The lowest BCUT2D eigenvalue weighted by Gasteiger charge is -2.31. The van der Waals surface area contributed by atoms with Crippen LogP contribution in [-0.4, -0.2) is 149 Å². The number of Topliss-reactive ketones (excluding diaryl/α,β-unsaturated/α-hetero) is 2. The van der Waals surface area contributed by atoms with Gasteiger partial charge in [-0.2, -0.15) is 0 Å². The van der Waals surface area contributed by atoms with E-state index < -0.39 is 127 Å². The van der Waals surface area contributed by atoms with Crippen LogP contribution in [0.15, 0.2) is 4.99 Å². The second-order valence-corrected chi connectivity index (χ2v) is 14.8. The van der Waals surface area contributed by atoms with Gasteiger partial charge in [-0.25, -0.2) is 10.2 Å². The molecular formula is C35H61N13O12. The number of hydrogen-bond donors (Lipinski definition) is 13. The van der Waals surface area contributed by atoms with Crippen molar-refractivity contribution in [2.45, 2.75) is 109 Å². The summed E-state index contributed by atoms with van der Waals surface area (Å²) in [6.07, 6.45) is -2.27. The summed E-state index contributed by atoms with van der Waals surface area (Å²) >= 11 is 0. The summed E-state index contributed by atoms with van der Waals surface area (Å²) < 4.78 is 0. The molecule has 1 saturated heterocycles. The van der Waals surface area contributed by atoms with Crippen molar-refractivity contribution in [1.82, 2.24) is 47.5 Å². The Morgan fingerprint density at radius 2 is 1.52 bits per heavy atom. The first kappa shape index (κ1) is 52.1. The fourth-order valence-corrected chi connectivity index (χ4v) is 5.65. The fourth-order valence-electron chi connectivity index (χ4n) is 5.65. The number of aliphatic carboxylic acids is 1. The third kappa shape index (κ3) is 19.2. The first-order valence-corrected chi connectivity index (χ1v) is 19.3. The van der Waals surface area contributed by atoms with E-state index in [0.29, 0.717) is 0 Å². The van der Waals surface area contributed by atoms with Crippen molar-refractivity contribution in [1.29, 1.82) is 0 Å². The Kier molecular flexibility index (Phi) is 22.7. The van der Waals surface area contributed by atoms with Crippen LogP contribution >= 0.6 is 0 Å². The predicted octanol–water partition coefficient (Wildman–Crippen LogP) is -5.50. The lowest BCUT2D eigenvalue weighted by Crippen LogP contribution is -2.60. The van der Waals surface area contributed by atoms with Gasteiger partial charge in [0.1, 0.15) is 36.8 Å². The minimum absolute atomic E-state index is 0.0171. The van der Waals surface area contributed by atoms with E-state index in [1.165, 1.54) is 6.92 Å². The zero-order valence-electron chi connectivity index (χ0n) is 34.5. The lowest BCUT2D eigenvalue weighted by atomic mass is 9.99. The number of hydrazine groups is 1. The Morgan fingerprint density at radius 1 is 0.883 bits per heavy atom. The molecule has 1 aliphatic heterocycles. The number of aliphatic hydroxyl groups is 1. The molecule has 6 atom stereocenters. The summed E-state index contributed by atoms with van der Waals surface area (Å²) in [7, 11) is 0. The number of carbonyl (C=O) groups is 10. The number of carboxylic acids is 1. The summed E-state index contributed by atoms with van der Waals surface area (Å²) in [6.45, 7) is 5.52. The quantitative estimate of drug-likeness (QED) is 0.0162. The minimum atomic E-state index is -1.73. The van der Waals surface area contributed by atoms with E-state index in [-0.39, 0.29) is 57.1 Å². The average Bonchev–Trinajstić information content (AvgIpc) is 3.15. The van der Waals surface area contributed by atoms with Crippen molar-refractivity contribution in [3.05, 3.63) is 0 Å². The molecule has 0 bridgehead atoms. The predicted molar refractivity (Wildman–Crippen MR) is 212 cm³/mol. The van der Waals surface area contributed by atoms with E-state index >= 15 is 0 Å². The van der Waals surface area contributed by atoms with Gasteiger partial charge in [-0.05, 0) is 44.4 Å². The number of ketones is 2. The average molecular weight is 856 g/mol. The highest BCUT2D eigenvalue weighted by Gasteiger charge is 2.36. The summed E-state index contributed by atoms with van der Waals surface area (Å²) in [5.41, 5.74) is 12.7. The van der Waals surface area contributed by atoms with Gasteiger partial charge in [0.05, 0.1) is 25.7 Å². The monoisotopic (exact) mass is 855 g/mol. The topological polar surface area (TPSA) is 401 Å². The maximum absolute atomic E-state index is 14.1. The number of guanidine groups is 1. The van der Waals surface area contributed by atoms with E-state index in [0.717, 1.165) is 4.90 Å². The van der Waals surface area contributed by atoms with Crippen LogP contribution in [0.3, 0.4) is 0 Å². The Bertz CT molecular complexity index is 1590. The second kappa shape index (κ2) is 26.2. The molecule has 2 unspecified atom stereocenters. The maximum atomic E-state index is 14.1. The van der Waals surface area contributed by atoms with Crippen molar-refractivity contribution in [2.24, 2.45) is 34.1 Å². The van der Waals surface area contributed by atoms with Crippen molar-refractivity contribution >= 4 is 65.0 Å². The van der Waals surface area contributed by atoms with E-state index in [1.54, 1.807) is 27.7 Å². The number of amides is 8. The zero-order valence-corrected chi connectivity index (χ0v) is 34.5. The molecule has 0 spiro atoms. The molecule has 60 heavy (non-hydrogen) atoms. The first-order chi connectivity index (χ1) is 28.1. The van der Waals surface area contributed by atoms with Crippen LogP contribution < -0.4 is 60.0 Å². The Morgan fingerprint density at radius 3 is 2.08 bits per heavy atom. The van der Waals surface area contributed by atoms with Gasteiger partial charge in [-0.1, -0.05) is 27.7 Å². The summed E-state index contributed by atoms with van der Waals surface area (Å²) in [4.78, 5) is 135. The molecular weight excluding hydrogens is 794 g/mol. The van der Waals surface area contributed by atoms with Gasteiger partial charge in [0.15, 0.2) is 5.96 Å². The van der Waals surface area contributed by atoms with Crippen LogP contribution in [-0.2, 0) is 43.2 Å². The van der Waals surface area contributed by atoms with Gasteiger partial charge < -0.3 is 63.8 Å². The van der Waals surface area contributed by atoms with E-state index in [9.17, 15) is 58.2 Å². The van der Waals surface area contributed by atoms with E-state index in [1.807, 2.05) is 5.43 Å². The molecule has 1 fully saturated rings. The minimum Gasteiger partial charge on any atom is -0.481 e. The molecule has 25 nitrogen and oxygen atoms in total. The number of carboxylic acid groups (broad SMARTS) is 1. The normalized spacial score (nSPS) is 21.4. The molecule has 8 amide bonds. The fraction of sp³-hybridized carbons (Fsp3) is 0.686. The largest absolute Gasteiger partial charge is 0.481 e. The molecule has 0 aliphatic carbocycles. The van der Waals surface area contributed by atoms with Crippen LogP contribution in [0, 0.1) is 11.8 Å². The van der Waals surface area contributed by atoms with Crippen LogP contribution in [0.5, 0.6) is 0 Å². The van der Waals surface area contributed by atoms with Gasteiger partial charge in [0.25, 0.3) is 0 Å². The van der Waals surface area contributed by atoms with Crippen molar-refractivity contribution in [2.75, 3.05) is 32.8 Å². The highest BCUT2D eigenvalue weighted by molar-refractivity contribution is 6.40. The zero-order chi connectivity index (χ0) is 45.7. The van der Waals surface area contributed by atoms with Crippen molar-refractivity contribution in [3.8, 4) is 0 Å². The van der Waals surface area contributed by atoms with Crippen LogP contribution in [0.1, 0.15) is 73.1 Å². The van der Waals surface area contributed by atoms with Gasteiger partial charge in [-0.15, -0.1) is 0 Å². The molecule has 338 valence electrons. The van der Waals surface area contributed by atoms with Gasteiger partial charge >= 0.3 is 12.0 Å². The van der Waals surface area contributed by atoms with Crippen molar-refractivity contribution < 1.29 is 58.2 Å². The number of nitrogens with zero attached hydrogens (tertiary/aromatic N) is 2. The molecule has 1 rings (SSSR count). The van der Waals surface area contributed by atoms with Crippen LogP contribution in [0.2, 0.25) is 0 Å². The molecule has 0 radical (unpaired) electrons. The van der Waals surface area contributed by atoms with E-state index in [4.69, 9.17) is 17.3 Å². The van der Waals surface area contributed by atoms with Crippen LogP contribution in [0.25, 0.3) is 0 Å². The first-order valence-electron chi connectivity index (χ1n) is 19.3. The number of hydrogen-bond acceptors (Lipinski definition) is 14. The number of urea groups is 1. The summed E-state index contributed by atoms with van der Waals surface area (Å²) in [5, 5.41) is 36.4. The molecule has 0 aromatic heterocycles. The lowest BCUT2D eigenvalue weighted by molar-refractivity contribution is -0.142. The molecule has 0 aromatic carbocycles. The highest BCUT2D eigenvalue weighted by atomic mass is 16.4. The van der Waals surface area contributed by atoms with Crippen LogP contribution in [0.4, 0.5) is 4.79 Å². The Hall–Kier alpha value is -5.95. The molecule has 25 heteroatoms. The maximum Gasteiger partial charge on any atom is 0.316 e. The molecule has 0 aromatic rings. The summed E-state index contributed by atoms with van der Waals surface area (Å²) in [6, 6.07) is -8.07. The number of aliphatic imine (C=N–C) groups is 1. The number of carbonyl (C=O) groups excluding carboxylic acids is 9. The SMILES string of the molecule is CC(C)CC1NC(=O)[C@H](C(C)C)NC(=O)C(CC(=O)O)NC(=O)[C@H](CCCN=C(N)N)NC(=O)CCCNC(=O)NCN(CC(=O)NCC(=O)C(=O)[C@@H](NN)[C@@H](C)O)C1=O. The number of aliphatic hydroxyl groups excluding tert-OH is 1. The Balaban J connectivity index is 3.55. The van der Waals surface area contributed by atoms with Gasteiger partial charge in [0.2, 0.25) is 47.0 Å². The van der Waals surface area contributed by atoms with Crippen molar-refractivity contribution in [3.63, 3.8) is 0 Å². The Labute approximate surface area is 346 Å². The van der Waals surface area contributed by atoms with E-state index in [2.05, 4.69) is 42.2 Å². The number of nitrogens with one attached hydrogen (secondary N) is 8. The molecule has 0 saturated carbocycles. The third-order valence-corrected chi connectivity index (χ3v) is 8.79. The third-order valence-electron chi connectivity index (χ3n) is 8.79. The molecule has 1 heterocycles. The van der Waals surface area contributed by atoms with Gasteiger partial charge in [-0.3, -0.25) is 54.0 Å². The second-order valence-electron chi connectivity index (χ2n) is 14.8. The smallest absolute Gasteiger partial charge is 0.316 e. The molecule has 1 aliphatic rings. The summed E-state index contributed by atoms with van der Waals surface area (Å²) in [5.74, 6) is -4.97. The number of rotatable bonds is 17.